The molecule has 2 N–H and O–H groups in total. The molecule has 0 heterocycles. The van der Waals surface area contributed by atoms with Crippen LogP contribution in [-0.4, -0.2) is 6.04 Å². The van der Waals surface area contributed by atoms with Crippen molar-refractivity contribution in [2.24, 2.45) is 34.3 Å². The molecule has 4 bridgehead atoms. The van der Waals surface area contributed by atoms with E-state index in [2.05, 4.69) is 6.07 Å². The van der Waals surface area contributed by atoms with E-state index in [1.807, 2.05) is 13.8 Å². The first-order valence-electron chi connectivity index (χ1n) is 7.12. The summed E-state index contributed by atoms with van der Waals surface area (Å²) in [5.74, 6) is 2.75. The average molecular weight is 232 g/mol. The van der Waals surface area contributed by atoms with Crippen molar-refractivity contribution in [3.05, 3.63) is 0 Å². The van der Waals surface area contributed by atoms with Crippen LogP contribution >= 0.6 is 0 Å². The van der Waals surface area contributed by atoms with E-state index < -0.39 is 0 Å². The van der Waals surface area contributed by atoms with Gasteiger partial charge in [-0.05, 0) is 75.5 Å². The third-order valence-electron chi connectivity index (χ3n) is 5.81. The molecule has 2 heteroatoms. The van der Waals surface area contributed by atoms with E-state index in [-0.39, 0.29) is 11.5 Å². The van der Waals surface area contributed by atoms with Crippen LogP contribution in [0, 0.1) is 39.9 Å². The van der Waals surface area contributed by atoms with E-state index in [1.54, 1.807) is 0 Å². The monoisotopic (exact) mass is 232 g/mol. The van der Waals surface area contributed by atoms with Gasteiger partial charge in [0.05, 0.1) is 11.5 Å². The molecule has 0 spiro atoms. The van der Waals surface area contributed by atoms with Gasteiger partial charge in [0.2, 0.25) is 0 Å². The summed E-state index contributed by atoms with van der Waals surface area (Å²) in [5, 5.41) is 9.34. The third-order valence-corrected chi connectivity index (χ3v) is 5.81. The Morgan fingerprint density at radius 3 is 1.88 bits per heavy atom. The number of hydrogen-bond acceptors (Lipinski definition) is 2. The van der Waals surface area contributed by atoms with E-state index in [0.29, 0.717) is 5.41 Å². The van der Waals surface area contributed by atoms with Gasteiger partial charge in [-0.2, -0.15) is 5.26 Å². The lowest BCUT2D eigenvalue weighted by Gasteiger charge is -2.60. The lowest BCUT2D eigenvalue weighted by Crippen LogP contribution is -2.58. The van der Waals surface area contributed by atoms with Crippen LogP contribution in [0.2, 0.25) is 0 Å². The fourth-order valence-electron chi connectivity index (χ4n) is 5.39. The van der Waals surface area contributed by atoms with Crippen LogP contribution in [-0.2, 0) is 0 Å². The summed E-state index contributed by atoms with van der Waals surface area (Å²) in [7, 11) is 0. The summed E-state index contributed by atoms with van der Waals surface area (Å²) in [6.45, 7) is 4.05. The van der Waals surface area contributed by atoms with Gasteiger partial charge in [0.25, 0.3) is 0 Å². The van der Waals surface area contributed by atoms with Crippen molar-refractivity contribution in [3.63, 3.8) is 0 Å². The maximum absolute atomic E-state index is 9.34. The first-order valence-corrected chi connectivity index (χ1v) is 7.12. The topological polar surface area (TPSA) is 49.8 Å². The van der Waals surface area contributed by atoms with Crippen LogP contribution in [0.4, 0.5) is 0 Å². The predicted molar refractivity (Wildman–Crippen MR) is 68.0 cm³/mol. The van der Waals surface area contributed by atoms with Crippen molar-refractivity contribution >= 4 is 0 Å². The lowest BCUT2D eigenvalue weighted by atomic mass is 9.46. The Morgan fingerprint density at radius 1 is 1.12 bits per heavy atom. The van der Waals surface area contributed by atoms with Crippen molar-refractivity contribution in [3.8, 4) is 6.07 Å². The number of nitrogens with zero attached hydrogens (tertiary/aromatic N) is 1. The molecule has 1 unspecified atom stereocenters. The van der Waals surface area contributed by atoms with Crippen molar-refractivity contribution in [1.29, 1.82) is 5.26 Å². The zero-order valence-electron chi connectivity index (χ0n) is 11.1. The molecule has 4 aliphatic carbocycles. The van der Waals surface area contributed by atoms with Gasteiger partial charge in [0, 0.05) is 6.04 Å². The van der Waals surface area contributed by atoms with Crippen LogP contribution in [0.5, 0.6) is 0 Å². The zero-order valence-corrected chi connectivity index (χ0v) is 11.1. The van der Waals surface area contributed by atoms with Gasteiger partial charge >= 0.3 is 0 Å². The Bertz CT molecular complexity index is 328. The summed E-state index contributed by atoms with van der Waals surface area (Å²) >= 11 is 0. The first kappa shape index (κ1) is 11.5. The molecule has 94 valence electrons. The minimum absolute atomic E-state index is 0.0633. The second-order valence-corrected chi connectivity index (χ2v) is 7.59. The van der Waals surface area contributed by atoms with Crippen LogP contribution < -0.4 is 5.73 Å². The van der Waals surface area contributed by atoms with E-state index in [4.69, 9.17) is 5.73 Å². The Balaban J connectivity index is 1.90. The minimum Gasteiger partial charge on any atom is -0.326 e. The predicted octanol–water partition coefficient (Wildman–Crippen LogP) is 3.08. The lowest BCUT2D eigenvalue weighted by molar-refractivity contribution is -0.0810. The normalized spacial score (nSPS) is 45.6. The van der Waals surface area contributed by atoms with E-state index >= 15 is 0 Å². The number of rotatable bonds is 2. The molecule has 0 aliphatic heterocycles. The van der Waals surface area contributed by atoms with Gasteiger partial charge < -0.3 is 5.73 Å². The zero-order chi connectivity index (χ0) is 12.3. The smallest absolute Gasteiger partial charge is 0.0700 e. The van der Waals surface area contributed by atoms with Gasteiger partial charge in [0.15, 0.2) is 0 Å². The second-order valence-electron chi connectivity index (χ2n) is 7.59. The highest BCUT2D eigenvalue weighted by molar-refractivity contribution is 5.12. The van der Waals surface area contributed by atoms with Crippen molar-refractivity contribution < 1.29 is 0 Å². The largest absolute Gasteiger partial charge is 0.326 e. The molecule has 4 rings (SSSR count). The highest BCUT2D eigenvalue weighted by atomic mass is 14.8. The summed E-state index contributed by atoms with van der Waals surface area (Å²) in [6.07, 6.45) is 8.22. The molecule has 0 aromatic rings. The van der Waals surface area contributed by atoms with Crippen LogP contribution in [0.15, 0.2) is 0 Å². The Kier molecular flexibility index (Phi) is 2.36. The fraction of sp³-hybridized carbons (Fsp3) is 0.933. The molecule has 17 heavy (non-hydrogen) atoms. The number of nitriles is 1. The molecule has 2 nitrogen and oxygen atoms in total. The van der Waals surface area contributed by atoms with Crippen LogP contribution in [0.1, 0.15) is 52.4 Å². The molecule has 0 saturated heterocycles. The standard InChI is InChI=1S/C15H24N2/c1-14(2,9-16)13(17)15-6-10-3-11(7-15)5-12(4-10)8-15/h10-13H,3-8,17H2,1-2H3. The summed E-state index contributed by atoms with van der Waals surface area (Å²) in [6, 6.07) is 2.50. The van der Waals surface area contributed by atoms with Crippen molar-refractivity contribution in [1.82, 2.24) is 0 Å². The molecular formula is C15H24N2. The minimum atomic E-state index is -0.369. The second kappa shape index (κ2) is 3.48. The maximum Gasteiger partial charge on any atom is 0.0700 e. The summed E-state index contributed by atoms with van der Waals surface area (Å²) < 4.78 is 0. The van der Waals surface area contributed by atoms with Gasteiger partial charge in [-0.25, -0.2) is 0 Å². The first-order chi connectivity index (χ1) is 7.95. The number of hydrogen-bond donors (Lipinski definition) is 1. The number of nitrogens with two attached hydrogens (primary N) is 1. The molecule has 4 fully saturated rings. The van der Waals surface area contributed by atoms with Gasteiger partial charge in [-0.3, -0.25) is 0 Å². The van der Waals surface area contributed by atoms with Gasteiger partial charge in [0.1, 0.15) is 0 Å². The van der Waals surface area contributed by atoms with Crippen molar-refractivity contribution in [2.45, 2.75) is 58.4 Å². The fourth-order valence-corrected chi connectivity index (χ4v) is 5.39. The van der Waals surface area contributed by atoms with Crippen LogP contribution in [0.3, 0.4) is 0 Å². The highest BCUT2D eigenvalue weighted by Gasteiger charge is 2.56. The molecule has 4 aliphatic rings. The third kappa shape index (κ3) is 1.63. The molecule has 0 amide bonds. The SMILES string of the molecule is CC(C)(C#N)C(N)C12CC3CC(CC(C3)C1)C2. The van der Waals surface area contributed by atoms with E-state index in [0.717, 1.165) is 17.8 Å². The Morgan fingerprint density at radius 2 is 1.53 bits per heavy atom. The molecule has 0 radical (unpaired) electrons. The van der Waals surface area contributed by atoms with Gasteiger partial charge in [-0.1, -0.05) is 0 Å². The highest BCUT2D eigenvalue weighted by Crippen LogP contribution is 2.62. The summed E-state index contributed by atoms with van der Waals surface area (Å²) in [5.41, 5.74) is 6.47. The average Bonchev–Trinajstić information content (AvgIpc) is 2.26. The van der Waals surface area contributed by atoms with Crippen LogP contribution in [0.25, 0.3) is 0 Å². The Labute approximate surface area is 105 Å². The Hall–Kier alpha value is -0.550. The quantitative estimate of drug-likeness (QED) is 0.795. The van der Waals surface area contributed by atoms with E-state index in [9.17, 15) is 5.26 Å². The maximum atomic E-state index is 9.34. The molecule has 4 saturated carbocycles. The van der Waals surface area contributed by atoms with Crippen molar-refractivity contribution in [2.75, 3.05) is 0 Å². The van der Waals surface area contributed by atoms with E-state index in [1.165, 1.54) is 38.5 Å². The van der Waals surface area contributed by atoms with Gasteiger partial charge in [-0.15, -0.1) is 0 Å². The molecule has 1 atom stereocenters. The molecule has 0 aromatic heterocycles. The summed E-state index contributed by atoms with van der Waals surface area (Å²) in [4.78, 5) is 0. The molecular weight excluding hydrogens is 208 g/mol. The molecule has 0 aromatic carbocycles.